The van der Waals surface area contributed by atoms with E-state index < -0.39 is 0 Å². The molecule has 0 aromatic heterocycles. The summed E-state index contributed by atoms with van der Waals surface area (Å²) in [6.07, 6.45) is 2.17. The van der Waals surface area contributed by atoms with Crippen molar-refractivity contribution in [2.24, 2.45) is 11.7 Å². The highest BCUT2D eigenvalue weighted by Crippen LogP contribution is 2.28. The first-order valence-corrected chi connectivity index (χ1v) is 8.62. The molecule has 0 radical (unpaired) electrons. The number of amides is 3. The van der Waals surface area contributed by atoms with E-state index in [9.17, 15) is 9.59 Å². The average Bonchev–Trinajstić information content (AvgIpc) is 2.62. The summed E-state index contributed by atoms with van der Waals surface area (Å²) in [4.78, 5) is 25.6. The van der Waals surface area contributed by atoms with Gasteiger partial charge in [0.2, 0.25) is 5.91 Å². The van der Waals surface area contributed by atoms with E-state index in [0.717, 1.165) is 29.7 Å². The molecule has 130 valence electrons. The van der Waals surface area contributed by atoms with Crippen LogP contribution in [-0.2, 0) is 4.79 Å². The number of hydrogen-bond donors (Lipinski definition) is 2. The molecule has 2 aromatic rings. The fourth-order valence-corrected chi connectivity index (χ4v) is 3.36. The predicted molar refractivity (Wildman–Crippen MR) is 99.0 cm³/mol. The summed E-state index contributed by atoms with van der Waals surface area (Å²) in [5, 5.41) is 3.02. The number of carbonyl (C=O) groups is 2. The number of likely N-dealkylation sites (tertiary alicyclic amines) is 1. The second-order valence-corrected chi connectivity index (χ2v) is 6.47. The van der Waals surface area contributed by atoms with Crippen LogP contribution in [-0.4, -0.2) is 29.9 Å². The number of primary amides is 1. The number of nitrogens with two attached hydrogens (primary N) is 1. The maximum Gasteiger partial charge on any atom is 0.321 e. The second-order valence-electron chi connectivity index (χ2n) is 6.47. The number of nitrogens with one attached hydrogen (secondary N) is 1. The zero-order chi connectivity index (χ0) is 17.6. The van der Waals surface area contributed by atoms with Crippen molar-refractivity contribution in [3.05, 3.63) is 54.6 Å². The Morgan fingerprint density at radius 1 is 1.08 bits per heavy atom. The van der Waals surface area contributed by atoms with Crippen molar-refractivity contribution in [3.8, 4) is 11.1 Å². The topological polar surface area (TPSA) is 75.4 Å². The van der Waals surface area contributed by atoms with Crippen LogP contribution in [0.1, 0.15) is 19.3 Å². The highest BCUT2D eigenvalue weighted by molar-refractivity contribution is 5.94. The number of para-hydroxylation sites is 1. The molecule has 0 unspecified atom stereocenters. The van der Waals surface area contributed by atoms with E-state index in [0.29, 0.717) is 19.5 Å². The zero-order valence-electron chi connectivity index (χ0n) is 14.2. The van der Waals surface area contributed by atoms with E-state index in [1.54, 1.807) is 4.90 Å². The van der Waals surface area contributed by atoms with Crippen LogP contribution in [0, 0.1) is 5.92 Å². The lowest BCUT2D eigenvalue weighted by molar-refractivity contribution is -0.119. The van der Waals surface area contributed by atoms with Crippen LogP contribution in [0.5, 0.6) is 0 Å². The zero-order valence-corrected chi connectivity index (χ0v) is 14.2. The van der Waals surface area contributed by atoms with Crippen molar-refractivity contribution >= 4 is 17.6 Å². The number of urea groups is 1. The Kier molecular flexibility index (Phi) is 5.33. The van der Waals surface area contributed by atoms with Crippen molar-refractivity contribution in [1.82, 2.24) is 4.90 Å². The molecule has 1 saturated heterocycles. The van der Waals surface area contributed by atoms with Crippen molar-refractivity contribution in [2.45, 2.75) is 19.3 Å². The molecular weight excluding hydrogens is 314 g/mol. The van der Waals surface area contributed by atoms with Gasteiger partial charge < -0.3 is 16.0 Å². The third kappa shape index (κ3) is 4.38. The molecule has 5 heteroatoms. The molecule has 3 N–H and O–H groups in total. The summed E-state index contributed by atoms with van der Waals surface area (Å²) in [7, 11) is 0. The van der Waals surface area contributed by atoms with E-state index in [1.807, 2.05) is 54.6 Å². The van der Waals surface area contributed by atoms with Gasteiger partial charge in [-0.3, -0.25) is 4.79 Å². The van der Waals surface area contributed by atoms with Gasteiger partial charge in [-0.15, -0.1) is 0 Å². The molecule has 1 aliphatic heterocycles. The van der Waals surface area contributed by atoms with Gasteiger partial charge in [-0.25, -0.2) is 4.79 Å². The Bertz CT molecular complexity index is 746. The molecule has 2 aromatic carbocycles. The van der Waals surface area contributed by atoms with Crippen LogP contribution >= 0.6 is 0 Å². The molecule has 1 aliphatic rings. The van der Waals surface area contributed by atoms with E-state index in [-0.39, 0.29) is 17.9 Å². The van der Waals surface area contributed by atoms with Crippen molar-refractivity contribution in [2.75, 3.05) is 18.4 Å². The highest BCUT2D eigenvalue weighted by atomic mass is 16.2. The van der Waals surface area contributed by atoms with E-state index in [2.05, 4.69) is 5.32 Å². The van der Waals surface area contributed by atoms with Gasteiger partial charge in [0.1, 0.15) is 0 Å². The fraction of sp³-hybridized carbons (Fsp3) is 0.300. The minimum absolute atomic E-state index is 0.127. The first kappa shape index (κ1) is 17.0. The molecule has 3 amide bonds. The molecule has 0 bridgehead atoms. The third-order valence-electron chi connectivity index (χ3n) is 4.55. The molecule has 1 fully saturated rings. The van der Waals surface area contributed by atoms with Gasteiger partial charge in [-0.2, -0.15) is 0 Å². The first-order valence-electron chi connectivity index (χ1n) is 8.62. The Labute approximate surface area is 147 Å². The number of nitrogens with zero attached hydrogens (tertiary/aromatic N) is 1. The van der Waals surface area contributed by atoms with Crippen LogP contribution in [0.2, 0.25) is 0 Å². The largest absolute Gasteiger partial charge is 0.370 e. The summed E-state index contributed by atoms with van der Waals surface area (Å²) in [6.45, 7) is 1.27. The van der Waals surface area contributed by atoms with Gasteiger partial charge in [0.15, 0.2) is 0 Å². The molecular formula is C20H23N3O2. The number of carbonyl (C=O) groups excluding carboxylic acids is 2. The Morgan fingerprint density at radius 2 is 1.80 bits per heavy atom. The van der Waals surface area contributed by atoms with Gasteiger partial charge in [0.05, 0.1) is 5.69 Å². The molecule has 0 spiro atoms. The molecule has 0 saturated carbocycles. The Hall–Kier alpha value is -2.82. The molecule has 0 aliphatic carbocycles. The molecule has 3 rings (SSSR count). The van der Waals surface area contributed by atoms with Crippen molar-refractivity contribution < 1.29 is 9.59 Å². The Morgan fingerprint density at radius 3 is 2.56 bits per heavy atom. The van der Waals surface area contributed by atoms with Crippen molar-refractivity contribution in [1.29, 1.82) is 0 Å². The molecule has 1 atom stereocenters. The number of benzene rings is 2. The molecule has 25 heavy (non-hydrogen) atoms. The van der Waals surface area contributed by atoms with Gasteiger partial charge in [0, 0.05) is 25.1 Å². The van der Waals surface area contributed by atoms with E-state index in [1.165, 1.54) is 0 Å². The maximum absolute atomic E-state index is 12.7. The second kappa shape index (κ2) is 7.83. The van der Waals surface area contributed by atoms with Crippen LogP contribution in [0.3, 0.4) is 0 Å². The van der Waals surface area contributed by atoms with Crippen LogP contribution < -0.4 is 11.1 Å². The lowest BCUT2D eigenvalue weighted by Crippen LogP contribution is -2.43. The monoisotopic (exact) mass is 337 g/mol. The van der Waals surface area contributed by atoms with E-state index in [4.69, 9.17) is 5.73 Å². The quantitative estimate of drug-likeness (QED) is 0.896. The minimum Gasteiger partial charge on any atom is -0.370 e. The summed E-state index contributed by atoms with van der Waals surface area (Å²) >= 11 is 0. The predicted octanol–water partition coefficient (Wildman–Crippen LogP) is 3.47. The van der Waals surface area contributed by atoms with Gasteiger partial charge in [-0.05, 0) is 30.4 Å². The molecule has 5 nitrogen and oxygen atoms in total. The normalized spacial score (nSPS) is 17.1. The fourth-order valence-electron chi connectivity index (χ4n) is 3.36. The smallest absolute Gasteiger partial charge is 0.321 e. The summed E-state index contributed by atoms with van der Waals surface area (Å²) in [5.41, 5.74) is 8.13. The summed E-state index contributed by atoms with van der Waals surface area (Å²) in [6, 6.07) is 17.6. The lowest BCUT2D eigenvalue weighted by atomic mass is 9.95. The van der Waals surface area contributed by atoms with Crippen LogP contribution in [0.4, 0.5) is 10.5 Å². The van der Waals surface area contributed by atoms with Crippen LogP contribution in [0.25, 0.3) is 11.1 Å². The Balaban J connectivity index is 1.72. The van der Waals surface area contributed by atoms with Crippen molar-refractivity contribution in [3.63, 3.8) is 0 Å². The summed E-state index contributed by atoms with van der Waals surface area (Å²) in [5.74, 6) is -0.150. The van der Waals surface area contributed by atoms with Crippen LogP contribution in [0.15, 0.2) is 54.6 Å². The summed E-state index contributed by atoms with van der Waals surface area (Å²) < 4.78 is 0. The lowest BCUT2D eigenvalue weighted by Gasteiger charge is -2.32. The van der Waals surface area contributed by atoms with Gasteiger partial charge in [-0.1, -0.05) is 48.5 Å². The third-order valence-corrected chi connectivity index (χ3v) is 4.55. The number of rotatable bonds is 4. The first-order chi connectivity index (χ1) is 12.1. The minimum atomic E-state index is -0.304. The maximum atomic E-state index is 12.7. The number of hydrogen-bond acceptors (Lipinski definition) is 2. The van der Waals surface area contributed by atoms with Gasteiger partial charge in [0.25, 0.3) is 0 Å². The van der Waals surface area contributed by atoms with E-state index >= 15 is 0 Å². The van der Waals surface area contributed by atoms with Gasteiger partial charge >= 0.3 is 6.03 Å². The SMILES string of the molecule is NC(=O)C[C@H]1CCCN(C(=O)Nc2ccccc2-c2ccccc2)C1. The number of piperidine rings is 1. The molecule has 1 heterocycles. The standard InChI is InChI=1S/C20H23N3O2/c21-19(24)13-15-7-6-12-23(14-15)20(25)22-18-11-5-4-10-17(18)16-8-2-1-3-9-16/h1-5,8-11,15H,6-7,12-14H2,(H2,21,24)(H,22,25)/t15-/m1/s1. The highest BCUT2D eigenvalue weighted by Gasteiger charge is 2.25. The number of anilines is 1. The average molecular weight is 337 g/mol.